The summed E-state index contributed by atoms with van der Waals surface area (Å²) in [5.41, 5.74) is 1.33. The van der Waals surface area contributed by atoms with Crippen molar-refractivity contribution < 1.29 is 20.1 Å². The van der Waals surface area contributed by atoms with Crippen molar-refractivity contribution in [3.05, 3.63) is 47.8 Å². The van der Waals surface area contributed by atoms with Crippen molar-refractivity contribution in [2.24, 2.45) is 0 Å². The summed E-state index contributed by atoms with van der Waals surface area (Å²) < 4.78 is 5.72. The third-order valence-corrected chi connectivity index (χ3v) is 3.18. The van der Waals surface area contributed by atoms with Crippen molar-refractivity contribution in [3.63, 3.8) is 0 Å². The highest BCUT2D eigenvalue weighted by molar-refractivity contribution is 5.42. The van der Waals surface area contributed by atoms with Crippen LogP contribution in [0.25, 0.3) is 0 Å². The first-order valence-electron chi connectivity index (χ1n) is 5.95. The van der Waals surface area contributed by atoms with E-state index in [1.165, 1.54) is 12.1 Å². The molecule has 19 heavy (non-hydrogen) atoms. The number of pyridine rings is 1. The normalized spacial score (nSPS) is 21.5. The smallest absolute Gasteiger partial charge is 0.157 e. The van der Waals surface area contributed by atoms with Gasteiger partial charge in [0.15, 0.2) is 17.6 Å². The quantitative estimate of drug-likeness (QED) is 0.676. The molecule has 2 aromatic rings. The molecule has 0 bridgehead atoms. The lowest BCUT2D eigenvalue weighted by Crippen LogP contribution is -2.30. The van der Waals surface area contributed by atoms with Gasteiger partial charge in [0, 0.05) is 12.6 Å². The number of hydrogen-bond acceptors (Lipinski definition) is 5. The summed E-state index contributed by atoms with van der Waals surface area (Å²) in [5, 5.41) is 28.9. The molecular weight excluding hydrogens is 246 g/mol. The van der Waals surface area contributed by atoms with Gasteiger partial charge >= 0.3 is 0 Å². The summed E-state index contributed by atoms with van der Waals surface area (Å²) in [6.07, 6.45) is 0.721. The molecule has 1 aromatic heterocycles. The standard InChI is InChI=1S/C14H13NO4/c16-10-4-3-8(6-11(10)17)14-12(18)7-9-13(19-14)2-1-5-15-9/h1-6,12,14,16-18H,7H2/t12-,14-/m0/s1. The highest BCUT2D eigenvalue weighted by Gasteiger charge is 2.30. The van der Waals surface area contributed by atoms with Crippen LogP contribution in [0, 0.1) is 0 Å². The fourth-order valence-corrected chi connectivity index (χ4v) is 2.21. The van der Waals surface area contributed by atoms with E-state index in [-0.39, 0.29) is 11.5 Å². The zero-order valence-corrected chi connectivity index (χ0v) is 10.0. The number of aliphatic hydroxyl groups excluding tert-OH is 1. The van der Waals surface area contributed by atoms with E-state index in [9.17, 15) is 15.3 Å². The minimum absolute atomic E-state index is 0.198. The zero-order valence-electron chi connectivity index (χ0n) is 10.0. The van der Waals surface area contributed by atoms with Crippen molar-refractivity contribution in [2.75, 3.05) is 0 Å². The number of hydrogen-bond donors (Lipinski definition) is 3. The lowest BCUT2D eigenvalue weighted by Gasteiger charge is -2.30. The summed E-state index contributed by atoms with van der Waals surface area (Å²) in [4.78, 5) is 4.16. The van der Waals surface area contributed by atoms with E-state index >= 15 is 0 Å². The maximum Gasteiger partial charge on any atom is 0.157 e. The second-order valence-electron chi connectivity index (χ2n) is 4.51. The molecule has 3 N–H and O–H groups in total. The van der Waals surface area contributed by atoms with Crippen LogP contribution in [-0.2, 0) is 6.42 Å². The molecule has 3 rings (SSSR count). The van der Waals surface area contributed by atoms with Gasteiger partial charge in [0.05, 0.1) is 5.69 Å². The van der Waals surface area contributed by atoms with E-state index < -0.39 is 12.2 Å². The van der Waals surface area contributed by atoms with Gasteiger partial charge in [-0.15, -0.1) is 0 Å². The van der Waals surface area contributed by atoms with Gasteiger partial charge in [-0.3, -0.25) is 4.98 Å². The second-order valence-corrected chi connectivity index (χ2v) is 4.51. The third-order valence-electron chi connectivity index (χ3n) is 3.18. The van der Waals surface area contributed by atoms with Crippen LogP contribution < -0.4 is 4.74 Å². The Morgan fingerprint density at radius 3 is 2.79 bits per heavy atom. The van der Waals surface area contributed by atoms with Gasteiger partial charge in [0.1, 0.15) is 11.9 Å². The molecule has 0 saturated carbocycles. The lowest BCUT2D eigenvalue weighted by molar-refractivity contribution is 0.0191. The SMILES string of the molecule is Oc1ccc([C@@H]2Oc3cccnc3C[C@@H]2O)cc1O. The first-order valence-corrected chi connectivity index (χ1v) is 5.95. The van der Waals surface area contributed by atoms with Gasteiger partial charge < -0.3 is 20.1 Å². The lowest BCUT2D eigenvalue weighted by atomic mass is 9.97. The number of aromatic hydroxyl groups is 2. The summed E-state index contributed by atoms with van der Waals surface area (Å²) in [5.74, 6) is 0.201. The van der Waals surface area contributed by atoms with Crippen molar-refractivity contribution in [2.45, 2.75) is 18.6 Å². The van der Waals surface area contributed by atoms with Gasteiger partial charge in [0.25, 0.3) is 0 Å². The van der Waals surface area contributed by atoms with Gasteiger partial charge in [-0.25, -0.2) is 0 Å². The van der Waals surface area contributed by atoms with Crippen LogP contribution in [0.15, 0.2) is 36.5 Å². The Morgan fingerprint density at radius 1 is 1.16 bits per heavy atom. The van der Waals surface area contributed by atoms with Crippen LogP contribution in [0.4, 0.5) is 0 Å². The predicted molar refractivity (Wildman–Crippen MR) is 67.1 cm³/mol. The van der Waals surface area contributed by atoms with Crippen LogP contribution in [0.5, 0.6) is 17.2 Å². The first-order chi connectivity index (χ1) is 9.15. The number of phenolic OH excluding ortho intramolecular Hbond substituents is 2. The van der Waals surface area contributed by atoms with Crippen LogP contribution in [0.1, 0.15) is 17.4 Å². The van der Waals surface area contributed by atoms with E-state index in [1.807, 2.05) is 0 Å². The number of phenols is 2. The van der Waals surface area contributed by atoms with Crippen LogP contribution >= 0.6 is 0 Å². The fourth-order valence-electron chi connectivity index (χ4n) is 2.21. The van der Waals surface area contributed by atoms with Crippen molar-refractivity contribution in [1.82, 2.24) is 4.98 Å². The molecule has 98 valence electrons. The summed E-state index contributed by atoms with van der Waals surface area (Å²) in [6, 6.07) is 7.94. The van der Waals surface area contributed by atoms with Crippen molar-refractivity contribution >= 4 is 0 Å². The maximum absolute atomic E-state index is 10.1. The second kappa shape index (κ2) is 4.44. The molecule has 0 amide bonds. The van der Waals surface area contributed by atoms with Gasteiger partial charge in [-0.1, -0.05) is 6.07 Å². The Labute approximate surface area is 109 Å². The Kier molecular flexibility index (Phi) is 2.76. The molecular formula is C14H13NO4. The molecule has 1 aliphatic rings. The molecule has 5 heteroatoms. The molecule has 0 spiro atoms. The Morgan fingerprint density at radius 2 is 2.00 bits per heavy atom. The molecule has 2 heterocycles. The topological polar surface area (TPSA) is 82.8 Å². The monoisotopic (exact) mass is 259 g/mol. The number of benzene rings is 1. The van der Waals surface area contributed by atoms with Gasteiger partial charge in [0.2, 0.25) is 0 Å². The number of nitrogens with zero attached hydrogens (tertiary/aromatic N) is 1. The van der Waals surface area contributed by atoms with Crippen molar-refractivity contribution in [1.29, 1.82) is 0 Å². The minimum atomic E-state index is -0.744. The molecule has 0 unspecified atom stereocenters. The zero-order chi connectivity index (χ0) is 13.4. The summed E-state index contributed by atoms with van der Waals surface area (Å²) in [7, 11) is 0. The Balaban J connectivity index is 1.96. The van der Waals surface area contributed by atoms with E-state index in [0.29, 0.717) is 23.4 Å². The Hall–Kier alpha value is -2.27. The predicted octanol–water partition coefficient (Wildman–Crippen LogP) is 1.53. The number of aliphatic hydroxyl groups is 1. The Bertz CT molecular complexity index is 614. The number of rotatable bonds is 1. The summed E-state index contributed by atoms with van der Waals surface area (Å²) >= 11 is 0. The highest BCUT2D eigenvalue weighted by atomic mass is 16.5. The van der Waals surface area contributed by atoms with E-state index in [0.717, 1.165) is 0 Å². The molecule has 0 radical (unpaired) electrons. The van der Waals surface area contributed by atoms with Crippen LogP contribution in [0.2, 0.25) is 0 Å². The van der Waals surface area contributed by atoms with E-state index in [4.69, 9.17) is 4.74 Å². The molecule has 1 aromatic carbocycles. The molecule has 0 fully saturated rings. The van der Waals surface area contributed by atoms with E-state index in [1.54, 1.807) is 24.4 Å². The number of aromatic nitrogens is 1. The summed E-state index contributed by atoms with van der Waals surface area (Å²) in [6.45, 7) is 0. The molecule has 0 saturated heterocycles. The van der Waals surface area contributed by atoms with E-state index in [2.05, 4.69) is 4.98 Å². The maximum atomic E-state index is 10.1. The number of ether oxygens (including phenoxy) is 1. The average Bonchev–Trinajstić information content (AvgIpc) is 2.41. The van der Waals surface area contributed by atoms with Crippen LogP contribution in [0.3, 0.4) is 0 Å². The fraction of sp³-hybridized carbons (Fsp3) is 0.214. The third kappa shape index (κ3) is 2.08. The van der Waals surface area contributed by atoms with Gasteiger partial charge in [-0.05, 0) is 29.8 Å². The molecule has 5 nitrogen and oxygen atoms in total. The number of fused-ring (bicyclic) bond motifs is 1. The van der Waals surface area contributed by atoms with Crippen molar-refractivity contribution in [3.8, 4) is 17.2 Å². The first kappa shape index (κ1) is 11.8. The highest BCUT2D eigenvalue weighted by Crippen LogP contribution is 2.36. The molecule has 2 atom stereocenters. The minimum Gasteiger partial charge on any atom is -0.504 e. The average molecular weight is 259 g/mol. The van der Waals surface area contributed by atoms with Crippen LogP contribution in [-0.4, -0.2) is 26.4 Å². The molecule has 1 aliphatic heterocycles. The van der Waals surface area contributed by atoms with Gasteiger partial charge in [-0.2, -0.15) is 0 Å². The largest absolute Gasteiger partial charge is 0.504 e. The molecule has 0 aliphatic carbocycles.